The molecule has 2 rings (SSSR count). The Bertz CT molecular complexity index is 1040. The number of aromatic carboxylic acids is 1. The number of phenols is 1. The predicted molar refractivity (Wildman–Crippen MR) is 125 cm³/mol. The number of aromatic hydroxyl groups is 1. The quantitative estimate of drug-likeness (QED) is 0.601. The molecule has 31 heavy (non-hydrogen) atoms. The van der Waals surface area contributed by atoms with E-state index in [-0.39, 0.29) is 38.9 Å². The van der Waals surface area contributed by atoms with Crippen LogP contribution < -0.4 is 10.2 Å². The monoisotopic (exact) mass is 449 g/mol. The summed E-state index contributed by atoms with van der Waals surface area (Å²) in [5.74, 6) is -1.32. The molecule has 172 valence electrons. The second-order valence-electron chi connectivity index (χ2n) is 10.6. The molecule has 1 atom stereocenters. The van der Waals surface area contributed by atoms with E-state index < -0.39 is 19.7 Å². The number of carboxylic acid groups (broad SMARTS) is 1. The molecule has 0 saturated carbocycles. The summed E-state index contributed by atoms with van der Waals surface area (Å²) < 4.78 is 13.5. The SMILES string of the molecule is COc1cc2c(cc1O)c(=O)c(C(=O)O)cn2C(CO[Si](C)(C)C(C)(C)C)C(C)(C)C. The van der Waals surface area contributed by atoms with Gasteiger partial charge in [0.2, 0.25) is 5.43 Å². The largest absolute Gasteiger partial charge is 0.504 e. The average Bonchev–Trinajstić information content (AvgIpc) is 2.60. The van der Waals surface area contributed by atoms with Crippen LogP contribution in [0, 0.1) is 5.41 Å². The summed E-state index contributed by atoms with van der Waals surface area (Å²) in [7, 11) is -0.649. The minimum Gasteiger partial charge on any atom is -0.504 e. The normalized spacial score (nSPS) is 14.0. The second-order valence-corrected chi connectivity index (χ2v) is 15.4. The van der Waals surface area contributed by atoms with Gasteiger partial charge in [0.25, 0.3) is 0 Å². The lowest BCUT2D eigenvalue weighted by atomic mass is 9.86. The minimum absolute atomic E-state index is 0.0162. The smallest absolute Gasteiger partial charge is 0.341 e. The number of benzene rings is 1. The van der Waals surface area contributed by atoms with Crippen LogP contribution in [-0.4, -0.2) is 42.8 Å². The van der Waals surface area contributed by atoms with Gasteiger partial charge in [0.15, 0.2) is 19.8 Å². The number of carbonyl (C=O) groups is 1. The molecule has 7 nitrogen and oxygen atoms in total. The van der Waals surface area contributed by atoms with Crippen LogP contribution in [0.25, 0.3) is 10.9 Å². The van der Waals surface area contributed by atoms with Gasteiger partial charge in [0.1, 0.15) is 5.56 Å². The third kappa shape index (κ3) is 4.96. The maximum atomic E-state index is 12.8. The van der Waals surface area contributed by atoms with Crippen LogP contribution in [-0.2, 0) is 4.43 Å². The summed E-state index contributed by atoms with van der Waals surface area (Å²) >= 11 is 0. The van der Waals surface area contributed by atoms with Crippen LogP contribution in [0.5, 0.6) is 11.5 Å². The van der Waals surface area contributed by atoms with E-state index in [1.54, 1.807) is 10.6 Å². The molecular weight excluding hydrogens is 414 g/mol. The Morgan fingerprint density at radius 2 is 1.74 bits per heavy atom. The first-order valence-corrected chi connectivity index (χ1v) is 13.2. The molecule has 0 aliphatic rings. The van der Waals surface area contributed by atoms with Gasteiger partial charge in [-0.1, -0.05) is 41.5 Å². The third-order valence-electron chi connectivity index (χ3n) is 6.31. The minimum atomic E-state index is -2.08. The van der Waals surface area contributed by atoms with E-state index in [1.165, 1.54) is 19.4 Å². The fraction of sp³-hybridized carbons (Fsp3) is 0.565. The van der Waals surface area contributed by atoms with Crippen LogP contribution >= 0.6 is 0 Å². The molecule has 1 aromatic carbocycles. The fourth-order valence-corrected chi connectivity index (χ4v) is 4.20. The van der Waals surface area contributed by atoms with Crippen LogP contribution in [0.4, 0.5) is 0 Å². The molecule has 8 heteroatoms. The summed E-state index contributed by atoms with van der Waals surface area (Å²) in [6, 6.07) is 2.58. The maximum absolute atomic E-state index is 12.8. The number of aromatic nitrogens is 1. The van der Waals surface area contributed by atoms with E-state index in [9.17, 15) is 19.8 Å². The molecule has 0 aliphatic heterocycles. The van der Waals surface area contributed by atoms with Crippen LogP contribution in [0.1, 0.15) is 57.9 Å². The Morgan fingerprint density at radius 3 is 2.19 bits per heavy atom. The van der Waals surface area contributed by atoms with Gasteiger partial charge < -0.3 is 23.9 Å². The molecule has 2 aromatic rings. The van der Waals surface area contributed by atoms with Gasteiger partial charge >= 0.3 is 5.97 Å². The highest BCUT2D eigenvalue weighted by atomic mass is 28.4. The summed E-state index contributed by atoms with van der Waals surface area (Å²) in [5, 5.41) is 20.0. The molecule has 1 unspecified atom stereocenters. The van der Waals surface area contributed by atoms with E-state index in [1.807, 2.05) is 0 Å². The number of ether oxygens (including phenoxy) is 1. The van der Waals surface area contributed by atoms with Crippen molar-refractivity contribution >= 4 is 25.2 Å². The number of fused-ring (bicyclic) bond motifs is 1. The van der Waals surface area contributed by atoms with Crippen molar-refractivity contribution in [1.29, 1.82) is 0 Å². The van der Waals surface area contributed by atoms with Crippen molar-refractivity contribution in [2.75, 3.05) is 13.7 Å². The Labute approximate surface area is 184 Å². The van der Waals surface area contributed by atoms with E-state index in [0.717, 1.165) is 0 Å². The average molecular weight is 450 g/mol. The van der Waals surface area contributed by atoms with Gasteiger partial charge in [-0.25, -0.2) is 4.79 Å². The number of methoxy groups -OCH3 is 1. The number of carboxylic acids is 1. The van der Waals surface area contributed by atoms with Crippen molar-refractivity contribution in [3.8, 4) is 11.5 Å². The van der Waals surface area contributed by atoms with E-state index >= 15 is 0 Å². The van der Waals surface area contributed by atoms with Gasteiger partial charge in [-0.05, 0) is 29.6 Å². The first-order valence-electron chi connectivity index (χ1n) is 10.3. The van der Waals surface area contributed by atoms with E-state index in [2.05, 4.69) is 54.6 Å². The number of pyridine rings is 1. The number of rotatable bonds is 6. The molecule has 0 fully saturated rings. The standard InChI is InChI=1S/C23H35NO6Si/c1-22(2,3)19(13-30-31(8,9)23(4,5)6)24-12-15(21(27)28)20(26)14-10-17(25)18(29-7)11-16(14)24/h10-12,19,25H,13H2,1-9H3,(H,27,28). The van der Waals surface area contributed by atoms with Crippen molar-refractivity contribution in [3.63, 3.8) is 0 Å². The maximum Gasteiger partial charge on any atom is 0.341 e. The molecule has 1 aromatic heterocycles. The lowest BCUT2D eigenvalue weighted by Gasteiger charge is -2.40. The topological polar surface area (TPSA) is 98.0 Å². The lowest BCUT2D eigenvalue weighted by Crippen LogP contribution is -2.43. The fourth-order valence-electron chi connectivity index (χ4n) is 3.19. The van der Waals surface area contributed by atoms with Gasteiger partial charge in [-0.15, -0.1) is 0 Å². The zero-order valence-electron chi connectivity index (χ0n) is 20.0. The Balaban J connectivity index is 2.79. The molecule has 0 spiro atoms. The number of hydrogen-bond donors (Lipinski definition) is 2. The molecule has 1 heterocycles. The Kier molecular flexibility index (Phi) is 6.69. The van der Waals surface area contributed by atoms with Crippen LogP contribution in [0.3, 0.4) is 0 Å². The number of phenolic OH excluding ortho intramolecular Hbond substituents is 1. The summed E-state index contributed by atoms with van der Waals surface area (Å²) in [4.78, 5) is 24.6. The number of hydrogen-bond acceptors (Lipinski definition) is 5. The molecule has 0 amide bonds. The van der Waals surface area contributed by atoms with Crippen LogP contribution in [0.15, 0.2) is 23.1 Å². The van der Waals surface area contributed by atoms with Crippen molar-refractivity contribution in [1.82, 2.24) is 4.57 Å². The summed E-state index contributed by atoms with van der Waals surface area (Å²) in [6.07, 6.45) is 1.38. The molecule has 0 aliphatic carbocycles. The summed E-state index contributed by atoms with van der Waals surface area (Å²) in [6.45, 7) is 17.3. The zero-order chi connectivity index (χ0) is 23.9. The third-order valence-corrected chi connectivity index (χ3v) is 10.8. The Hall–Kier alpha value is -2.32. The highest BCUT2D eigenvalue weighted by Crippen LogP contribution is 2.40. The van der Waals surface area contributed by atoms with Gasteiger partial charge in [0, 0.05) is 12.3 Å². The first-order chi connectivity index (χ1) is 14.0. The number of nitrogens with zero attached hydrogens (tertiary/aromatic N) is 1. The zero-order valence-corrected chi connectivity index (χ0v) is 21.0. The molecule has 0 saturated heterocycles. The molecular formula is C23H35NO6Si. The highest BCUT2D eigenvalue weighted by Gasteiger charge is 2.39. The van der Waals surface area contributed by atoms with Gasteiger partial charge in [-0.2, -0.15) is 0 Å². The van der Waals surface area contributed by atoms with Crippen molar-refractivity contribution in [3.05, 3.63) is 34.1 Å². The van der Waals surface area contributed by atoms with Crippen molar-refractivity contribution in [2.24, 2.45) is 5.41 Å². The van der Waals surface area contributed by atoms with E-state index in [0.29, 0.717) is 12.1 Å². The van der Waals surface area contributed by atoms with Crippen molar-refractivity contribution in [2.45, 2.75) is 65.7 Å². The second kappa shape index (κ2) is 8.31. The van der Waals surface area contributed by atoms with Gasteiger partial charge in [0.05, 0.1) is 30.7 Å². The van der Waals surface area contributed by atoms with E-state index in [4.69, 9.17) is 9.16 Å². The first kappa shape index (κ1) is 24.9. The molecule has 0 bridgehead atoms. The van der Waals surface area contributed by atoms with Gasteiger partial charge in [-0.3, -0.25) is 4.79 Å². The predicted octanol–water partition coefficient (Wildman–Crippen LogP) is 5.02. The lowest BCUT2D eigenvalue weighted by molar-refractivity contribution is 0.0693. The molecule has 0 radical (unpaired) electrons. The summed E-state index contributed by atoms with van der Waals surface area (Å²) in [5.41, 5.74) is -0.817. The van der Waals surface area contributed by atoms with Crippen molar-refractivity contribution < 1.29 is 24.2 Å². The highest BCUT2D eigenvalue weighted by molar-refractivity contribution is 6.74. The Morgan fingerprint density at radius 1 is 1.16 bits per heavy atom. The van der Waals surface area contributed by atoms with Crippen LogP contribution in [0.2, 0.25) is 18.1 Å². The molecule has 2 N–H and O–H groups in total.